The molecule has 1 heterocycles. The number of carbonyl (C=O) groups is 1. The van der Waals surface area contributed by atoms with Gasteiger partial charge in [0.15, 0.2) is 35.0 Å². The molecule has 0 amide bonds. The van der Waals surface area contributed by atoms with E-state index in [0.29, 0.717) is 0 Å². The van der Waals surface area contributed by atoms with E-state index in [9.17, 15) is 33.0 Å². The minimum absolute atomic E-state index is 0.0532. The van der Waals surface area contributed by atoms with Crippen molar-refractivity contribution in [3.8, 4) is 11.5 Å². The normalized spacial score (nSPS) is 16.1. The summed E-state index contributed by atoms with van der Waals surface area (Å²) in [4.78, 5) is 31.1. The fourth-order valence-corrected chi connectivity index (χ4v) is 4.71. The summed E-state index contributed by atoms with van der Waals surface area (Å²) < 4.78 is 71.5. The average Bonchev–Trinajstić information content (AvgIpc) is 3.18. The highest BCUT2D eigenvalue weighted by atomic mass is 35.5. The highest BCUT2D eigenvalue weighted by Gasteiger charge is 2.45. The van der Waals surface area contributed by atoms with Crippen molar-refractivity contribution >= 4 is 37.0 Å². The lowest BCUT2D eigenvalue weighted by Crippen LogP contribution is -2.34. The van der Waals surface area contributed by atoms with Crippen LogP contribution in [0.2, 0.25) is 10.0 Å². The Morgan fingerprint density at radius 1 is 0.925 bits per heavy atom. The number of halogens is 4. The first kappa shape index (κ1) is 31.9. The molecule has 1 aliphatic heterocycles. The Labute approximate surface area is 237 Å². The summed E-state index contributed by atoms with van der Waals surface area (Å²) in [6, 6.07) is 4.80. The third-order valence-corrected chi connectivity index (χ3v) is 6.27. The van der Waals surface area contributed by atoms with Gasteiger partial charge in [-0.1, -0.05) is 23.2 Å². The van der Waals surface area contributed by atoms with E-state index < -0.39 is 69.0 Å². The van der Waals surface area contributed by atoms with Gasteiger partial charge in [-0.2, -0.15) is 0 Å². The Morgan fingerprint density at radius 2 is 1.43 bits per heavy atom. The van der Waals surface area contributed by atoms with Crippen LogP contribution in [0, 0.1) is 11.6 Å². The van der Waals surface area contributed by atoms with Crippen molar-refractivity contribution in [1.29, 1.82) is 0 Å². The van der Waals surface area contributed by atoms with Crippen molar-refractivity contribution in [2.24, 2.45) is 0 Å². The molecule has 1 aliphatic rings. The Hall–Kier alpha value is -2.64. The van der Waals surface area contributed by atoms with Gasteiger partial charge in [0.1, 0.15) is 19.3 Å². The summed E-state index contributed by atoms with van der Waals surface area (Å²) in [5, 5.41) is 9.58. The van der Waals surface area contributed by atoms with Gasteiger partial charge in [-0.15, -0.1) is 0 Å². The standard InChI is InChI=1S/C24H25Cl2F2O11P/c1-3-34-19-14(25)5-12(7-16(19)27)10-36-22-21(18(9-29)39-40(31,32)33)38-24(30)23(22)37-11-13-6-15(26)20(35-4-2)17(28)8-13/h5-8,18,21,29H,3-4,9-11H2,1-2H3,(H2,31,32,33). The Kier molecular flexibility index (Phi) is 11.0. The minimum atomic E-state index is -5.16. The van der Waals surface area contributed by atoms with Crippen molar-refractivity contribution in [2.75, 3.05) is 19.8 Å². The molecule has 2 atom stereocenters. The maximum Gasteiger partial charge on any atom is 0.470 e. The Balaban J connectivity index is 1.93. The molecule has 40 heavy (non-hydrogen) atoms. The van der Waals surface area contributed by atoms with Crippen LogP contribution in [0.4, 0.5) is 8.78 Å². The van der Waals surface area contributed by atoms with Crippen molar-refractivity contribution in [2.45, 2.75) is 39.3 Å². The van der Waals surface area contributed by atoms with Gasteiger partial charge in [-0.25, -0.2) is 18.1 Å². The number of hydrogen-bond acceptors (Lipinski definition) is 9. The largest absolute Gasteiger partial charge is 0.489 e. The number of hydrogen-bond donors (Lipinski definition) is 3. The number of phosphoric acid groups is 1. The van der Waals surface area contributed by atoms with Gasteiger partial charge in [-0.3, -0.25) is 4.52 Å². The van der Waals surface area contributed by atoms with Crippen LogP contribution < -0.4 is 9.47 Å². The summed E-state index contributed by atoms with van der Waals surface area (Å²) in [7, 11) is -5.16. The zero-order valence-electron chi connectivity index (χ0n) is 21.1. The molecule has 0 fully saturated rings. The number of esters is 1. The number of aliphatic hydroxyl groups is 1. The van der Waals surface area contributed by atoms with E-state index in [4.69, 9.17) is 46.9 Å². The van der Waals surface area contributed by atoms with Crippen molar-refractivity contribution in [1.82, 2.24) is 0 Å². The van der Waals surface area contributed by atoms with E-state index in [1.807, 2.05) is 0 Å². The molecule has 0 radical (unpaired) electrons. The summed E-state index contributed by atoms with van der Waals surface area (Å²) >= 11 is 12.2. The number of ether oxygens (including phenoxy) is 5. The summed E-state index contributed by atoms with van der Waals surface area (Å²) in [5.41, 5.74) is 0.354. The fourth-order valence-electron chi connectivity index (χ4n) is 3.61. The Bertz CT molecular complexity index is 1270. The summed E-state index contributed by atoms with van der Waals surface area (Å²) in [6.07, 6.45) is -3.46. The SMILES string of the molecule is CCOc1c(F)cc(COC2=C(OCc3cc(F)c(OCC)c(Cl)c3)C(C(CO)OP(=O)(O)O)OC2=O)cc1Cl. The summed E-state index contributed by atoms with van der Waals surface area (Å²) in [5.74, 6) is -4.05. The van der Waals surface area contributed by atoms with E-state index in [0.717, 1.165) is 12.1 Å². The molecule has 2 aromatic carbocycles. The Morgan fingerprint density at radius 3 is 1.85 bits per heavy atom. The second-order valence-corrected chi connectivity index (χ2v) is 10.1. The number of aliphatic hydroxyl groups excluding tert-OH is 1. The zero-order valence-corrected chi connectivity index (χ0v) is 23.5. The van der Waals surface area contributed by atoms with Crippen LogP contribution in [0.3, 0.4) is 0 Å². The van der Waals surface area contributed by atoms with Gasteiger partial charge in [0.05, 0.1) is 29.9 Å². The predicted octanol–water partition coefficient (Wildman–Crippen LogP) is 4.41. The molecule has 0 saturated heterocycles. The molecular formula is C24H25Cl2F2O11P. The summed E-state index contributed by atoms with van der Waals surface area (Å²) in [6.45, 7) is 1.74. The molecule has 3 rings (SSSR count). The van der Waals surface area contributed by atoms with Crippen molar-refractivity contribution in [3.63, 3.8) is 0 Å². The highest BCUT2D eigenvalue weighted by Crippen LogP contribution is 2.41. The van der Waals surface area contributed by atoms with Gasteiger partial charge < -0.3 is 38.6 Å². The monoisotopic (exact) mass is 628 g/mol. The molecule has 0 aromatic heterocycles. The maximum atomic E-state index is 14.5. The maximum absolute atomic E-state index is 14.5. The lowest BCUT2D eigenvalue weighted by Gasteiger charge is -2.23. The molecule has 0 saturated carbocycles. The first-order chi connectivity index (χ1) is 18.9. The van der Waals surface area contributed by atoms with E-state index >= 15 is 0 Å². The molecule has 0 spiro atoms. The van der Waals surface area contributed by atoms with E-state index in [2.05, 4.69) is 4.52 Å². The first-order valence-electron chi connectivity index (χ1n) is 11.6. The van der Waals surface area contributed by atoms with Crippen molar-refractivity contribution < 1.29 is 61.2 Å². The number of rotatable bonds is 14. The lowest BCUT2D eigenvalue weighted by molar-refractivity contribution is -0.148. The average molecular weight is 629 g/mol. The minimum Gasteiger partial charge on any atom is -0.489 e. The second kappa shape index (κ2) is 13.8. The third-order valence-electron chi connectivity index (χ3n) is 5.16. The number of cyclic esters (lactones) is 1. The number of benzene rings is 2. The van der Waals surface area contributed by atoms with E-state index in [-0.39, 0.29) is 45.9 Å². The highest BCUT2D eigenvalue weighted by molar-refractivity contribution is 7.46. The number of phosphoric ester groups is 1. The van der Waals surface area contributed by atoms with Crippen LogP contribution in [0.5, 0.6) is 11.5 Å². The molecule has 16 heteroatoms. The van der Waals surface area contributed by atoms with Gasteiger partial charge in [0.25, 0.3) is 0 Å². The van der Waals surface area contributed by atoms with Crippen LogP contribution >= 0.6 is 31.0 Å². The molecule has 0 aliphatic carbocycles. The van der Waals surface area contributed by atoms with E-state index in [1.165, 1.54) is 12.1 Å². The van der Waals surface area contributed by atoms with Crippen molar-refractivity contribution in [3.05, 3.63) is 68.6 Å². The van der Waals surface area contributed by atoms with Crippen LogP contribution in [0.1, 0.15) is 25.0 Å². The number of carbonyl (C=O) groups excluding carboxylic acids is 1. The molecule has 2 aromatic rings. The van der Waals surface area contributed by atoms with Crippen LogP contribution in [0.25, 0.3) is 0 Å². The zero-order chi connectivity index (χ0) is 29.6. The molecule has 2 unspecified atom stereocenters. The van der Waals surface area contributed by atoms with Gasteiger partial charge >= 0.3 is 13.8 Å². The van der Waals surface area contributed by atoms with Crippen LogP contribution in [-0.2, 0) is 41.3 Å². The van der Waals surface area contributed by atoms with Gasteiger partial charge in [0.2, 0.25) is 5.76 Å². The molecule has 11 nitrogen and oxygen atoms in total. The van der Waals surface area contributed by atoms with Gasteiger partial charge in [-0.05, 0) is 49.2 Å². The van der Waals surface area contributed by atoms with Gasteiger partial charge in [0, 0.05) is 0 Å². The molecule has 3 N–H and O–H groups in total. The first-order valence-corrected chi connectivity index (χ1v) is 13.9. The predicted molar refractivity (Wildman–Crippen MR) is 136 cm³/mol. The topological polar surface area (TPSA) is 150 Å². The smallest absolute Gasteiger partial charge is 0.470 e. The van der Waals surface area contributed by atoms with Crippen LogP contribution in [0.15, 0.2) is 35.8 Å². The molecular weight excluding hydrogens is 604 g/mol. The molecule has 0 bridgehead atoms. The lowest BCUT2D eigenvalue weighted by atomic mass is 10.1. The molecule has 220 valence electrons. The van der Waals surface area contributed by atoms with E-state index in [1.54, 1.807) is 13.8 Å². The quantitative estimate of drug-likeness (QED) is 0.202. The van der Waals surface area contributed by atoms with Crippen LogP contribution in [-0.4, -0.2) is 52.9 Å². The second-order valence-electron chi connectivity index (χ2n) is 8.06. The third kappa shape index (κ3) is 7.97. The fraction of sp³-hybridized carbons (Fsp3) is 0.375.